The van der Waals surface area contributed by atoms with Gasteiger partial charge in [-0.25, -0.2) is 5.43 Å². The van der Waals surface area contributed by atoms with Crippen LogP contribution in [-0.2, 0) is 0 Å². The fourth-order valence-corrected chi connectivity index (χ4v) is 2.21. The number of nitrogens with zero attached hydrogens (tertiary/aromatic N) is 1. The molecule has 2 aromatic rings. The van der Waals surface area contributed by atoms with E-state index in [0.717, 1.165) is 16.8 Å². The molecule has 0 aliphatic heterocycles. The van der Waals surface area contributed by atoms with Crippen molar-refractivity contribution in [1.82, 2.24) is 5.43 Å². The van der Waals surface area contributed by atoms with Crippen LogP contribution < -0.4 is 5.43 Å². The van der Waals surface area contributed by atoms with Crippen molar-refractivity contribution in [3.63, 3.8) is 0 Å². The first-order valence-electron chi connectivity index (χ1n) is 6.15. The molecule has 0 saturated carbocycles. The Labute approximate surface area is 126 Å². The van der Waals surface area contributed by atoms with Gasteiger partial charge in [0.1, 0.15) is 0 Å². The number of carbonyl (C=O) groups is 1. The first-order valence-corrected chi connectivity index (χ1v) is 6.94. The summed E-state index contributed by atoms with van der Waals surface area (Å²) in [4.78, 5) is 11.8. The Bertz CT molecular complexity index is 674. The molecule has 0 radical (unpaired) electrons. The molecular formula is C15H15BrN2O2. The van der Waals surface area contributed by atoms with Crippen molar-refractivity contribution in [3.8, 4) is 0 Å². The molecule has 1 heterocycles. The molecule has 1 amide bonds. The summed E-state index contributed by atoms with van der Waals surface area (Å²) in [6, 6.07) is 9.35. The predicted octanol–water partition coefficient (Wildman–Crippen LogP) is 3.81. The van der Waals surface area contributed by atoms with Crippen molar-refractivity contribution in [2.75, 3.05) is 0 Å². The molecule has 20 heavy (non-hydrogen) atoms. The maximum Gasteiger partial charge on any atom is 0.307 e. The van der Waals surface area contributed by atoms with Crippen LogP contribution in [0, 0.1) is 13.8 Å². The summed E-state index contributed by atoms with van der Waals surface area (Å²) in [7, 11) is 0. The highest BCUT2D eigenvalue weighted by atomic mass is 79.9. The first kappa shape index (κ1) is 14.5. The van der Waals surface area contributed by atoms with Crippen molar-refractivity contribution in [2.45, 2.75) is 20.8 Å². The van der Waals surface area contributed by atoms with Gasteiger partial charge >= 0.3 is 5.91 Å². The molecule has 1 aromatic heterocycles. The van der Waals surface area contributed by atoms with E-state index in [4.69, 9.17) is 4.42 Å². The van der Waals surface area contributed by atoms with E-state index in [9.17, 15) is 4.79 Å². The second-order valence-electron chi connectivity index (χ2n) is 4.56. The lowest BCUT2D eigenvalue weighted by molar-refractivity contribution is 0.0926. The Hall–Kier alpha value is -1.88. The minimum atomic E-state index is -0.375. The van der Waals surface area contributed by atoms with E-state index in [0.29, 0.717) is 4.67 Å². The van der Waals surface area contributed by atoms with Crippen molar-refractivity contribution < 1.29 is 9.21 Å². The predicted molar refractivity (Wildman–Crippen MR) is 82.0 cm³/mol. The van der Waals surface area contributed by atoms with E-state index in [2.05, 4.69) is 32.5 Å². The Kier molecular flexibility index (Phi) is 4.39. The molecule has 0 saturated heterocycles. The lowest BCUT2D eigenvalue weighted by Gasteiger charge is -2.06. The largest absolute Gasteiger partial charge is 0.444 e. The van der Waals surface area contributed by atoms with Crippen LogP contribution in [0.2, 0.25) is 0 Å². The number of carbonyl (C=O) groups excluding carboxylic acids is 1. The van der Waals surface area contributed by atoms with Crippen molar-refractivity contribution >= 4 is 27.5 Å². The Morgan fingerprint density at radius 1 is 1.25 bits per heavy atom. The molecule has 0 fully saturated rings. The Balaban J connectivity index is 2.13. The minimum absolute atomic E-state index is 0.217. The molecule has 1 N–H and O–H groups in total. The number of halogens is 1. The summed E-state index contributed by atoms with van der Waals surface area (Å²) in [5.41, 5.74) is 6.57. The van der Waals surface area contributed by atoms with E-state index >= 15 is 0 Å². The summed E-state index contributed by atoms with van der Waals surface area (Å²) in [5.74, 6) is -0.158. The number of nitrogens with one attached hydrogen (secondary N) is 1. The number of amides is 1. The second kappa shape index (κ2) is 6.05. The summed E-state index contributed by atoms with van der Waals surface area (Å²) in [6.45, 7) is 5.92. The third-order valence-corrected chi connectivity index (χ3v) is 3.32. The van der Waals surface area contributed by atoms with Crippen LogP contribution in [0.4, 0.5) is 0 Å². The number of rotatable bonds is 3. The molecule has 0 unspecified atom stereocenters. The number of hydrazone groups is 1. The summed E-state index contributed by atoms with van der Waals surface area (Å²) in [5, 5.41) is 4.11. The van der Waals surface area contributed by atoms with Gasteiger partial charge in [-0.15, -0.1) is 0 Å². The van der Waals surface area contributed by atoms with Gasteiger partial charge in [0.25, 0.3) is 0 Å². The molecule has 1 aromatic carbocycles. The summed E-state index contributed by atoms with van der Waals surface area (Å²) < 4.78 is 5.67. The van der Waals surface area contributed by atoms with E-state index in [1.807, 2.05) is 32.9 Å². The third-order valence-electron chi connectivity index (χ3n) is 2.89. The van der Waals surface area contributed by atoms with Crippen molar-refractivity contribution in [2.24, 2.45) is 5.10 Å². The SMILES string of the molecule is C/C(=N\NC(=O)c1ccc(Br)o1)c1ccc(C)cc1C. The molecule has 104 valence electrons. The average Bonchev–Trinajstić information content (AvgIpc) is 2.82. The van der Waals surface area contributed by atoms with Gasteiger partial charge in [-0.2, -0.15) is 5.10 Å². The van der Waals surface area contributed by atoms with Crippen LogP contribution in [0.3, 0.4) is 0 Å². The zero-order chi connectivity index (χ0) is 14.7. The molecule has 2 rings (SSSR count). The van der Waals surface area contributed by atoms with Crippen LogP contribution in [-0.4, -0.2) is 11.6 Å². The molecule has 0 aliphatic carbocycles. The van der Waals surface area contributed by atoms with Crippen LogP contribution >= 0.6 is 15.9 Å². The topological polar surface area (TPSA) is 54.6 Å². The van der Waals surface area contributed by atoms with E-state index in [1.54, 1.807) is 12.1 Å². The van der Waals surface area contributed by atoms with Crippen molar-refractivity contribution in [1.29, 1.82) is 0 Å². The fraction of sp³-hybridized carbons (Fsp3) is 0.200. The summed E-state index contributed by atoms with van der Waals surface area (Å²) in [6.07, 6.45) is 0. The molecule has 0 spiro atoms. The lowest BCUT2D eigenvalue weighted by atomic mass is 10.0. The number of hydrogen-bond donors (Lipinski definition) is 1. The highest BCUT2D eigenvalue weighted by molar-refractivity contribution is 9.10. The van der Waals surface area contributed by atoms with Gasteiger partial charge < -0.3 is 4.42 Å². The number of benzene rings is 1. The third kappa shape index (κ3) is 3.36. The molecule has 4 nitrogen and oxygen atoms in total. The second-order valence-corrected chi connectivity index (χ2v) is 5.34. The molecule has 0 atom stereocenters. The van der Waals surface area contributed by atoms with E-state index < -0.39 is 0 Å². The molecule has 0 bridgehead atoms. The molecule has 5 heteroatoms. The zero-order valence-corrected chi connectivity index (χ0v) is 13.1. The summed E-state index contributed by atoms with van der Waals surface area (Å²) >= 11 is 3.15. The maximum absolute atomic E-state index is 11.8. The number of hydrogen-bond acceptors (Lipinski definition) is 3. The highest BCUT2D eigenvalue weighted by Crippen LogP contribution is 2.14. The van der Waals surface area contributed by atoms with Crippen molar-refractivity contribution in [3.05, 3.63) is 57.5 Å². The quantitative estimate of drug-likeness (QED) is 0.685. The van der Waals surface area contributed by atoms with Gasteiger partial charge in [0.2, 0.25) is 0 Å². The standard InChI is InChI=1S/C15H15BrN2O2/c1-9-4-5-12(10(2)8-9)11(3)17-18-15(19)13-6-7-14(16)20-13/h4-8H,1-3H3,(H,18,19)/b17-11+. The Morgan fingerprint density at radius 3 is 2.60 bits per heavy atom. The average molecular weight is 335 g/mol. The van der Waals surface area contributed by atoms with Gasteiger partial charge in [-0.3, -0.25) is 4.79 Å². The number of aryl methyl sites for hydroxylation is 2. The molecular weight excluding hydrogens is 320 g/mol. The van der Waals surface area contributed by atoms with Gasteiger partial charge in [-0.1, -0.05) is 23.8 Å². The monoisotopic (exact) mass is 334 g/mol. The van der Waals surface area contributed by atoms with Gasteiger partial charge in [0, 0.05) is 5.56 Å². The Morgan fingerprint density at radius 2 is 2.00 bits per heavy atom. The van der Waals surface area contributed by atoms with Crippen LogP contribution in [0.25, 0.3) is 0 Å². The highest BCUT2D eigenvalue weighted by Gasteiger charge is 2.10. The van der Waals surface area contributed by atoms with Crippen LogP contribution in [0.15, 0.2) is 44.5 Å². The van der Waals surface area contributed by atoms with Gasteiger partial charge in [-0.05, 0) is 54.4 Å². The van der Waals surface area contributed by atoms with E-state index in [-0.39, 0.29) is 11.7 Å². The molecule has 0 aliphatic rings. The van der Waals surface area contributed by atoms with Crippen LogP contribution in [0.5, 0.6) is 0 Å². The first-order chi connectivity index (χ1) is 9.47. The smallest absolute Gasteiger partial charge is 0.307 e. The lowest BCUT2D eigenvalue weighted by Crippen LogP contribution is -2.19. The minimum Gasteiger partial charge on any atom is -0.444 e. The number of furan rings is 1. The van der Waals surface area contributed by atoms with Gasteiger partial charge in [0.05, 0.1) is 5.71 Å². The van der Waals surface area contributed by atoms with E-state index in [1.165, 1.54) is 5.56 Å². The van der Waals surface area contributed by atoms with Gasteiger partial charge in [0.15, 0.2) is 10.4 Å². The fourth-order valence-electron chi connectivity index (χ4n) is 1.91. The zero-order valence-electron chi connectivity index (χ0n) is 11.5. The maximum atomic E-state index is 11.8. The van der Waals surface area contributed by atoms with Crippen LogP contribution in [0.1, 0.15) is 34.2 Å². The normalized spacial score (nSPS) is 11.5.